The third-order valence-electron chi connectivity index (χ3n) is 17.7. The van der Waals surface area contributed by atoms with Crippen molar-refractivity contribution < 1.29 is 72.5 Å². The molecular weight excluding hydrogens is 1060 g/mol. The number of likely N-dealkylation sites (tertiary alicyclic amines) is 1. The Morgan fingerprint density at radius 1 is 0.878 bits per heavy atom. The molecule has 3 aromatic rings. The monoisotopic (exact) mass is 1140 g/mol. The van der Waals surface area contributed by atoms with Gasteiger partial charge in [-0.2, -0.15) is 0 Å². The van der Waals surface area contributed by atoms with Gasteiger partial charge in [0.2, 0.25) is 11.6 Å². The van der Waals surface area contributed by atoms with Crippen LogP contribution >= 0.6 is 0 Å². The van der Waals surface area contributed by atoms with Crippen molar-refractivity contribution in [2.75, 3.05) is 44.7 Å². The number of phenols is 1. The van der Waals surface area contributed by atoms with E-state index in [0.717, 1.165) is 35.4 Å². The van der Waals surface area contributed by atoms with Crippen molar-refractivity contribution in [3.05, 3.63) is 115 Å². The van der Waals surface area contributed by atoms with E-state index < -0.39 is 129 Å². The number of nitrogens with one attached hydrogen (secondary N) is 2. The number of pyridine rings is 2. The molecule has 10 atom stereocenters. The quantitative estimate of drug-likeness (QED) is 0.131. The van der Waals surface area contributed by atoms with Crippen LogP contribution in [0.2, 0.25) is 0 Å². The molecule has 6 N–H and O–H groups in total. The Morgan fingerprint density at radius 3 is 2.21 bits per heavy atom. The number of anilines is 1. The summed E-state index contributed by atoms with van der Waals surface area (Å²) in [4.78, 5) is 101. The van der Waals surface area contributed by atoms with Crippen LogP contribution in [0.5, 0.6) is 11.5 Å². The van der Waals surface area contributed by atoms with Gasteiger partial charge in [-0.25, -0.2) is 9.18 Å². The zero-order valence-corrected chi connectivity index (χ0v) is 48.0. The summed E-state index contributed by atoms with van der Waals surface area (Å²) >= 11 is 0. The molecule has 21 heteroatoms. The van der Waals surface area contributed by atoms with E-state index in [0.29, 0.717) is 49.2 Å². The first-order chi connectivity index (χ1) is 38.8. The van der Waals surface area contributed by atoms with Crippen LogP contribution in [0.4, 0.5) is 10.1 Å². The van der Waals surface area contributed by atoms with E-state index in [2.05, 4.69) is 10.6 Å². The summed E-state index contributed by atoms with van der Waals surface area (Å²) < 4.78 is 41.1. The summed E-state index contributed by atoms with van der Waals surface area (Å²) in [6.07, 6.45) is 7.74. The highest BCUT2D eigenvalue weighted by atomic mass is 19.1. The van der Waals surface area contributed by atoms with Gasteiger partial charge in [0, 0.05) is 88.0 Å². The Hall–Kier alpha value is -7.20. The summed E-state index contributed by atoms with van der Waals surface area (Å²) in [6, 6.07) is 1.38. The smallest absolute Gasteiger partial charge is 0.341 e. The number of carboxylic acid groups (broad SMARTS) is 1. The number of allylic oxidation sites excluding steroid dienone is 4. The Morgan fingerprint density at radius 2 is 1.56 bits per heavy atom. The average molecular weight is 1140 g/mol. The number of methoxy groups -OCH3 is 1. The molecule has 5 aliphatic heterocycles. The third kappa shape index (κ3) is 10.9. The minimum Gasteiger partial charge on any atom is -0.507 e. The number of nitrogens with zero attached hydrogens (tertiary/aromatic N) is 3. The average Bonchev–Trinajstić information content (AvgIpc) is 1.70. The number of aryl methyl sites for hydroxylation is 1. The maximum atomic E-state index is 16.1. The van der Waals surface area contributed by atoms with Crippen molar-refractivity contribution in [1.82, 2.24) is 19.9 Å². The number of aliphatic hydroxyl groups is 2. The van der Waals surface area contributed by atoms with Crippen LogP contribution in [-0.4, -0.2) is 141 Å². The van der Waals surface area contributed by atoms with Crippen LogP contribution < -0.4 is 25.8 Å². The molecule has 7 heterocycles. The fourth-order valence-electron chi connectivity index (χ4n) is 12.7. The number of aromatic carboxylic acids is 1. The summed E-state index contributed by atoms with van der Waals surface area (Å²) in [5.74, 6) is -11.3. The van der Waals surface area contributed by atoms with E-state index in [1.807, 2.05) is 4.90 Å². The maximum absolute atomic E-state index is 16.1. The molecule has 10 rings (SSSR count). The number of ether oxygens (including phenoxy) is 4. The summed E-state index contributed by atoms with van der Waals surface area (Å²) in [5.41, 5.74) is -0.634. The zero-order valence-electron chi connectivity index (χ0n) is 48.0. The van der Waals surface area contributed by atoms with E-state index >= 15 is 14.0 Å². The zero-order chi connectivity index (χ0) is 59.5. The molecule has 0 radical (unpaired) electrons. The SMILES string of the molecule is CO[C@H]1/C=C/O[C@@]2(C)Oc3c(C)c(O)c4c(c3C2=O)C(=O)C(N2CCC(NCC3CCN(c5c(F)cn6c(=O)c(C(=O)O)cc(C7CC7)c6c5C)C3)CC2)=C(NC(=O)/C(C)=C\C=C\[C@H](C)[C@H](O)[C@@H](C)[C@@H](O)[C@@H](C)[C@H](OC(C)=O)[C@@H]1C)C4=O. The number of halogens is 1. The van der Waals surface area contributed by atoms with Crippen LogP contribution in [0.15, 0.2) is 64.6 Å². The second-order valence-corrected chi connectivity index (χ2v) is 23.4. The highest BCUT2D eigenvalue weighted by molar-refractivity contribution is 6.32. The van der Waals surface area contributed by atoms with Gasteiger partial charge in [0.25, 0.3) is 17.2 Å². The predicted molar refractivity (Wildman–Crippen MR) is 298 cm³/mol. The lowest BCUT2D eigenvalue weighted by molar-refractivity contribution is -0.160. The lowest BCUT2D eigenvalue weighted by atomic mass is 9.78. The molecule has 1 amide bonds. The summed E-state index contributed by atoms with van der Waals surface area (Å²) in [5, 5.41) is 51.1. The van der Waals surface area contributed by atoms with Gasteiger partial charge in [-0.05, 0) is 94.5 Å². The molecular formula is C61H74FN5O15. The lowest BCUT2D eigenvalue weighted by Gasteiger charge is -2.38. The minimum absolute atomic E-state index is 0.0310. The number of ketones is 3. The summed E-state index contributed by atoms with van der Waals surface area (Å²) in [7, 11) is 1.42. The van der Waals surface area contributed by atoms with Crippen LogP contribution in [0.3, 0.4) is 0 Å². The van der Waals surface area contributed by atoms with E-state index in [-0.39, 0.29) is 59.1 Å². The van der Waals surface area contributed by atoms with Crippen LogP contribution in [0, 0.1) is 49.3 Å². The number of benzene rings is 1. The molecule has 0 spiro atoms. The molecule has 20 nitrogen and oxygen atoms in total. The van der Waals surface area contributed by atoms with Crippen LogP contribution in [-0.2, 0) is 23.8 Å². The molecule has 1 unspecified atom stereocenters. The second-order valence-electron chi connectivity index (χ2n) is 23.4. The largest absolute Gasteiger partial charge is 0.507 e. The Kier molecular flexibility index (Phi) is 16.8. The third-order valence-corrected chi connectivity index (χ3v) is 17.7. The number of rotatable bonds is 9. The lowest BCUT2D eigenvalue weighted by Crippen LogP contribution is -2.47. The number of carboxylic acids is 1. The molecule has 2 aromatic heterocycles. The van der Waals surface area contributed by atoms with Crippen molar-refractivity contribution in [2.24, 2.45) is 29.6 Å². The molecule has 5 bridgehead atoms. The van der Waals surface area contributed by atoms with Gasteiger partial charge in [-0.1, -0.05) is 45.9 Å². The van der Waals surface area contributed by atoms with E-state index in [1.54, 1.807) is 51.7 Å². The van der Waals surface area contributed by atoms with E-state index in [4.69, 9.17) is 18.9 Å². The molecule has 1 saturated carbocycles. The van der Waals surface area contributed by atoms with Gasteiger partial charge in [0.15, 0.2) is 5.82 Å². The van der Waals surface area contributed by atoms with E-state index in [1.165, 1.54) is 59.3 Å². The standard InChI is InChI=1S/C61H74FN5O15/c1-28-12-11-13-29(2)58(75)64-46-49(65-21-17-38(18-22-65)63-25-36-16-20-66(26-36)48-31(4)47-39(37-14-15-37)24-40(60(77)78)59(76)67(47)27-41(48)62)54(73)43-44(53(46)72)52(71)34(7)56-45(43)57(74)61(9,82-56)80-23-19-42(79-10)30(3)55(81-35(8)68)33(6)51(70)32(5)50(28)69/h11-13,19,23-24,27-28,30,32-33,36-38,42,50-51,55,63,69-71H,14-18,20-22,25-26H2,1-10H3,(H,64,75)(H,77,78)/b12-11+,23-19+,29-13-/t28-,30+,32+,33+,36?,42-,50-,51+,55+,61-/m0/s1. The van der Waals surface area contributed by atoms with Crippen molar-refractivity contribution in [2.45, 2.75) is 137 Å². The Balaban J connectivity index is 0.989. The Labute approximate surface area is 474 Å². The van der Waals surface area contributed by atoms with Crippen molar-refractivity contribution in [3.63, 3.8) is 0 Å². The molecule has 1 aromatic carbocycles. The number of amides is 1. The predicted octanol–water partition coefficient (Wildman–Crippen LogP) is 6.17. The Bertz CT molecular complexity index is 3330. The number of piperidine rings is 1. The fraction of sp³-hybridized carbons (Fsp3) is 0.525. The normalized spacial score (nSPS) is 30.0. The topological polar surface area (TPSA) is 272 Å². The highest BCUT2D eigenvalue weighted by Crippen LogP contribution is 2.50. The number of phenolic OH excluding ortho intramolecular Hbond substituents is 1. The maximum Gasteiger partial charge on any atom is 0.341 e. The number of Topliss-reactive ketones (excluding diaryl/α,β-unsaturated/α-hetero) is 3. The van der Waals surface area contributed by atoms with Crippen molar-refractivity contribution in [3.8, 4) is 11.5 Å². The van der Waals surface area contributed by atoms with Gasteiger partial charge >= 0.3 is 17.7 Å². The first-order valence-corrected chi connectivity index (χ1v) is 28.2. The number of aromatic hydroxyl groups is 1. The molecule has 2 saturated heterocycles. The van der Waals surface area contributed by atoms with Crippen molar-refractivity contribution in [1.29, 1.82) is 0 Å². The minimum atomic E-state index is -2.14. The van der Waals surface area contributed by atoms with Gasteiger partial charge in [0.05, 0.1) is 58.7 Å². The number of aliphatic hydroxyl groups excluding tert-OH is 2. The van der Waals surface area contributed by atoms with Crippen LogP contribution in [0.1, 0.15) is 145 Å². The van der Waals surface area contributed by atoms with Gasteiger partial charge in [-0.15, -0.1) is 0 Å². The van der Waals surface area contributed by atoms with Gasteiger partial charge in [-0.3, -0.25) is 33.2 Å². The molecule has 82 heavy (non-hydrogen) atoms. The van der Waals surface area contributed by atoms with Gasteiger partial charge in [0.1, 0.15) is 34.6 Å². The number of aromatic nitrogens is 1. The second kappa shape index (κ2) is 23.2. The summed E-state index contributed by atoms with van der Waals surface area (Å²) in [6.45, 7) is 16.2. The molecule has 7 aliphatic rings. The van der Waals surface area contributed by atoms with Gasteiger partial charge < -0.3 is 59.8 Å². The number of carbonyl (C=O) groups excluding carboxylic acids is 5. The van der Waals surface area contributed by atoms with E-state index in [9.17, 15) is 44.4 Å². The number of fused-ring (bicyclic) bond motifs is 15. The number of hydrogen-bond donors (Lipinski definition) is 6. The highest BCUT2D eigenvalue weighted by Gasteiger charge is 2.53. The van der Waals surface area contributed by atoms with Crippen molar-refractivity contribution >= 4 is 46.4 Å². The number of esters is 1. The first kappa shape index (κ1) is 59.4. The molecule has 440 valence electrons. The number of carbonyl (C=O) groups is 6. The molecule has 3 fully saturated rings. The molecule has 2 aliphatic carbocycles. The number of hydrogen-bond acceptors (Lipinski definition) is 17. The van der Waals surface area contributed by atoms with Crippen LogP contribution in [0.25, 0.3) is 5.52 Å². The first-order valence-electron chi connectivity index (χ1n) is 28.2. The fourth-order valence-corrected chi connectivity index (χ4v) is 12.7.